The van der Waals surface area contributed by atoms with Crippen molar-refractivity contribution in [1.82, 2.24) is 10.3 Å². The van der Waals surface area contributed by atoms with E-state index in [4.69, 9.17) is 4.74 Å². The van der Waals surface area contributed by atoms with Crippen LogP contribution in [0.25, 0.3) is 0 Å². The molecule has 120 valence electrons. The lowest BCUT2D eigenvalue weighted by atomic mass is 9.91. The quantitative estimate of drug-likeness (QED) is 0.701. The lowest BCUT2D eigenvalue weighted by molar-refractivity contribution is 0.378. The second-order valence-electron chi connectivity index (χ2n) is 6.45. The summed E-state index contributed by atoms with van der Waals surface area (Å²) in [7, 11) is 1.74. The Morgan fingerprint density at radius 3 is 2.57 bits per heavy atom. The summed E-state index contributed by atoms with van der Waals surface area (Å²) in [5, 5.41) is 3.56. The summed E-state index contributed by atoms with van der Waals surface area (Å²) < 4.78 is 5.52. The van der Waals surface area contributed by atoms with Gasteiger partial charge in [0.1, 0.15) is 5.75 Å². The Morgan fingerprint density at radius 1 is 1.29 bits per heavy atom. The van der Waals surface area contributed by atoms with E-state index in [9.17, 15) is 0 Å². The second kappa shape index (κ2) is 9.04. The van der Waals surface area contributed by atoms with Crippen LogP contribution in [0.3, 0.4) is 0 Å². The Labute approximate surface area is 130 Å². The van der Waals surface area contributed by atoms with Crippen molar-refractivity contribution in [1.29, 1.82) is 0 Å². The zero-order valence-electron chi connectivity index (χ0n) is 14.6. The summed E-state index contributed by atoms with van der Waals surface area (Å²) in [5.74, 6) is 2.34. The Hall–Kier alpha value is -1.09. The van der Waals surface area contributed by atoms with Gasteiger partial charge in [-0.25, -0.2) is 0 Å². The number of aromatic nitrogens is 1. The van der Waals surface area contributed by atoms with Crippen LogP contribution in [-0.4, -0.2) is 25.2 Å². The number of rotatable bonds is 9. The molecule has 0 saturated heterocycles. The fraction of sp³-hybridized carbons (Fsp3) is 0.722. The van der Waals surface area contributed by atoms with E-state index in [1.165, 1.54) is 24.1 Å². The summed E-state index contributed by atoms with van der Waals surface area (Å²) in [4.78, 5) is 4.65. The molecular weight excluding hydrogens is 260 g/mol. The molecule has 0 bridgehead atoms. The maximum absolute atomic E-state index is 5.52. The zero-order valence-corrected chi connectivity index (χ0v) is 14.6. The minimum absolute atomic E-state index is 0.634. The Bertz CT molecular complexity index is 429. The number of pyridine rings is 1. The summed E-state index contributed by atoms with van der Waals surface area (Å²) in [6, 6.07) is 0. The van der Waals surface area contributed by atoms with Gasteiger partial charge in [0.25, 0.3) is 0 Å². The van der Waals surface area contributed by atoms with Crippen molar-refractivity contribution in [2.75, 3.05) is 20.2 Å². The molecule has 21 heavy (non-hydrogen) atoms. The van der Waals surface area contributed by atoms with Crippen molar-refractivity contribution in [3.8, 4) is 5.75 Å². The molecule has 0 spiro atoms. The number of hydrogen-bond acceptors (Lipinski definition) is 3. The standard InChI is InChI=1S/C18H32N2O/c1-7-8-19-12-16(9-13(2)3)10-17-15(5)18(21-6)14(4)11-20-17/h11,13,16,19H,7-10,12H2,1-6H3. The molecule has 0 aliphatic heterocycles. The van der Waals surface area contributed by atoms with E-state index in [-0.39, 0.29) is 0 Å². The monoisotopic (exact) mass is 292 g/mol. The molecule has 1 heterocycles. The first-order valence-corrected chi connectivity index (χ1v) is 8.19. The highest BCUT2D eigenvalue weighted by molar-refractivity contribution is 5.41. The van der Waals surface area contributed by atoms with Crippen molar-refractivity contribution in [2.45, 2.75) is 53.9 Å². The van der Waals surface area contributed by atoms with Crippen LogP contribution < -0.4 is 10.1 Å². The topological polar surface area (TPSA) is 34.2 Å². The number of nitrogens with zero attached hydrogens (tertiary/aromatic N) is 1. The summed E-state index contributed by atoms with van der Waals surface area (Å²) >= 11 is 0. The Balaban J connectivity index is 2.82. The van der Waals surface area contributed by atoms with Crippen LogP contribution in [0.15, 0.2) is 6.20 Å². The lowest BCUT2D eigenvalue weighted by Crippen LogP contribution is -2.26. The van der Waals surface area contributed by atoms with E-state index < -0.39 is 0 Å². The third kappa shape index (κ3) is 5.66. The predicted octanol–water partition coefficient (Wildman–Crippen LogP) is 3.91. The van der Waals surface area contributed by atoms with Gasteiger partial charge in [-0.05, 0) is 58.0 Å². The van der Waals surface area contributed by atoms with Crippen LogP contribution in [0.1, 0.15) is 50.4 Å². The van der Waals surface area contributed by atoms with E-state index in [2.05, 4.69) is 44.9 Å². The summed E-state index contributed by atoms with van der Waals surface area (Å²) in [6.45, 7) is 13.1. The third-order valence-corrected chi connectivity index (χ3v) is 3.90. The molecule has 3 nitrogen and oxygen atoms in total. The van der Waals surface area contributed by atoms with Crippen LogP contribution >= 0.6 is 0 Å². The van der Waals surface area contributed by atoms with Crippen molar-refractivity contribution in [3.05, 3.63) is 23.0 Å². The highest BCUT2D eigenvalue weighted by Gasteiger charge is 2.16. The molecular formula is C18H32N2O. The van der Waals surface area contributed by atoms with Gasteiger partial charge in [0.2, 0.25) is 0 Å². The first-order valence-electron chi connectivity index (χ1n) is 8.19. The zero-order chi connectivity index (χ0) is 15.8. The fourth-order valence-corrected chi connectivity index (χ4v) is 2.94. The van der Waals surface area contributed by atoms with Crippen LogP contribution in [0.5, 0.6) is 5.75 Å². The highest BCUT2D eigenvalue weighted by atomic mass is 16.5. The molecule has 0 aliphatic rings. The van der Waals surface area contributed by atoms with E-state index in [0.717, 1.165) is 30.8 Å². The summed E-state index contributed by atoms with van der Waals surface area (Å²) in [6.07, 6.45) is 5.38. The number of aryl methyl sites for hydroxylation is 1. The van der Waals surface area contributed by atoms with E-state index in [0.29, 0.717) is 11.8 Å². The molecule has 3 heteroatoms. The fourth-order valence-electron chi connectivity index (χ4n) is 2.94. The maximum Gasteiger partial charge on any atom is 0.128 e. The number of nitrogens with one attached hydrogen (secondary N) is 1. The van der Waals surface area contributed by atoms with Crippen molar-refractivity contribution >= 4 is 0 Å². The van der Waals surface area contributed by atoms with Crippen molar-refractivity contribution in [3.63, 3.8) is 0 Å². The van der Waals surface area contributed by atoms with E-state index in [1.54, 1.807) is 7.11 Å². The molecule has 0 saturated carbocycles. The smallest absolute Gasteiger partial charge is 0.128 e. The number of hydrogen-bond donors (Lipinski definition) is 1. The van der Waals surface area contributed by atoms with Gasteiger partial charge in [0, 0.05) is 23.0 Å². The second-order valence-corrected chi connectivity index (χ2v) is 6.45. The SMILES string of the molecule is CCCNCC(Cc1ncc(C)c(OC)c1C)CC(C)C. The Morgan fingerprint density at radius 2 is 2.00 bits per heavy atom. The van der Waals surface area contributed by atoms with Gasteiger partial charge in [0.05, 0.1) is 7.11 Å². The van der Waals surface area contributed by atoms with Gasteiger partial charge in [0.15, 0.2) is 0 Å². The lowest BCUT2D eigenvalue weighted by Gasteiger charge is -2.21. The molecule has 0 aliphatic carbocycles. The van der Waals surface area contributed by atoms with Crippen molar-refractivity contribution in [2.24, 2.45) is 11.8 Å². The molecule has 0 radical (unpaired) electrons. The van der Waals surface area contributed by atoms with Crippen LogP contribution in [0.2, 0.25) is 0 Å². The molecule has 1 unspecified atom stereocenters. The number of methoxy groups -OCH3 is 1. The molecule has 1 aromatic heterocycles. The molecule has 0 aromatic carbocycles. The van der Waals surface area contributed by atoms with Gasteiger partial charge < -0.3 is 10.1 Å². The molecule has 1 atom stereocenters. The van der Waals surface area contributed by atoms with Crippen LogP contribution in [0, 0.1) is 25.7 Å². The largest absolute Gasteiger partial charge is 0.496 e. The molecule has 1 N–H and O–H groups in total. The average molecular weight is 292 g/mol. The molecule has 0 fully saturated rings. The van der Waals surface area contributed by atoms with Gasteiger partial charge in [-0.2, -0.15) is 0 Å². The molecule has 1 aromatic rings. The highest BCUT2D eigenvalue weighted by Crippen LogP contribution is 2.26. The van der Waals surface area contributed by atoms with Crippen LogP contribution in [0.4, 0.5) is 0 Å². The van der Waals surface area contributed by atoms with E-state index in [1.807, 2.05) is 6.20 Å². The van der Waals surface area contributed by atoms with Gasteiger partial charge in [-0.3, -0.25) is 4.98 Å². The molecule has 0 amide bonds. The maximum atomic E-state index is 5.52. The minimum Gasteiger partial charge on any atom is -0.496 e. The Kier molecular flexibility index (Phi) is 7.73. The average Bonchev–Trinajstić information content (AvgIpc) is 2.42. The van der Waals surface area contributed by atoms with Crippen LogP contribution in [-0.2, 0) is 6.42 Å². The third-order valence-electron chi connectivity index (χ3n) is 3.90. The molecule has 1 rings (SSSR count). The van der Waals surface area contributed by atoms with E-state index >= 15 is 0 Å². The summed E-state index contributed by atoms with van der Waals surface area (Å²) in [5.41, 5.74) is 3.49. The number of ether oxygens (including phenoxy) is 1. The van der Waals surface area contributed by atoms with Gasteiger partial charge >= 0.3 is 0 Å². The first kappa shape index (κ1) is 18.0. The minimum atomic E-state index is 0.634. The normalized spacial score (nSPS) is 12.7. The van der Waals surface area contributed by atoms with Gasteiger partial charge in [-0.15, -0.1) is 0 Å². The van der Waals surface area contributed by atoms with Gasteiger partial charge in [-0.1, -0.05) is 20.8 Å². The van der Waals surface area contributed by atoms with Crippen molar-refractivity contribution < 1.29 is 4.74 Å². The first-order chi connectivity index (χ1) is 9.99. The predicted molar refractivity (Wildman–Crippen MR) is 90.1 cm³/mol.